The summed E-state index contributed by atoms with van der Waals surface area (Å²) in [5.41, 5.74) is 0. The molecule has 0 aliphatic heterocycles. The van der Waals surface area contributed by atoms with Crippen molar-refractivity contribution in [3.8, 4) is 0 Å². The number of unbranched alkanes of at least 4 members (excludes halogenated alkanes) is 3. The van der Waals surface area contributed by atoms with Crippen LogP contribution in [0.4, 0.5) is 0 Å². The summed E-state index contributed by atoms with van der Waals surface area (Å²) in [4.78, 5) is 10.3. The van der Waals surface area contributed by atoms with Gasteiger partial charge in [0.1, 0.15) is 0 Å². The van der Waals surface area contributed by atoms with Gasteiger partial charge in [-0.3, -0.25) is 4.79 Å². The number of hydrogen-bond acceptors (Lipinski definition) is 1. The third-order valence-corrected chi connectivity index (χ3v) is 3.89. The van der Waals surface area contributed by atoms with Gasteiger partial charge in [0.2, 0.25) is 0 Å². The highest BCUT2D eigenvalue weighted by Gasteiger charge is 2.11. The van der Waals surface area contributed by atoms with Crippen molar-refractivity contribution in [2.75, 3.05) is 0 Å². The van der Waals surface area contributed by atoms with Gasteiger partial charge < -0.3 is 5.11 Å². The summed E-state index contributed by atoms with van der Waals surface area (Å²) in [5, 5.41) is 8.49. The molecule has 18 heavy (non-hydrogen) atoms. The molecule has 104 valence electrons. The van der Waals surface area contributed by atoms with E-state index in [-0.39, 0.29) is 0 Å². The van der Waals surface area contributed by atoms with Crippen LogP contribution in [0.3, 0.4) is 0 Å². The number of rotatable bonds is 9. The fourth-order valence-electron chi connectivity index (χ4n) is 2.77. The molecular weight excluding hydrogens is 224 g/mol. The molecule has 2 heteroatoms. The number of aliphatic carboxylic acids is 1. The minimum Gasteiger partial charge on any atom is -0.481 e. The molecule has 1 fully saturated rings. The fourth-order valence-corrected chi connectivity index (χ4v) is 2.77. The molecule has 0 aromatic rings. The van der Waals surface area contributed by atoms with Crippen LogP contribution in [-0.2, 0) is 4.79 Å². The van der Waals surface area contributed by atoms with Crippen molar-refractivity contribution in [3.05, 3.63) is 12.2 Å². The predicted octanol–water partition coefficient (Wildman–Crippen LogP) is 4.94. The lowest BCUT2D eigenvalue weighted by molar-refractivity contribution is -0.137. The first-order chi connectivity index (χ1) is 8.79. The zero-order valence-electron chi connectivity index (χ0n) is 11.6. The Kier molecular flexibility index (Phi) is 8.62. The molecule has 0 bridgehead atoms. The second-order valence-electron chi connectivity index (χ2n) is 5.55. The van der Waals surface area contributed by atoms with Crippen LogP contribution in [-0.4, -0.2) is 11.1 Å². The van der Waals surface area contributed by atoms with Crippen LogP contribution in [0.15, 0.2) is 12.2 Å². The van der Waals surface area contributed by atoms with Crippen LogP contribution in [0, 0.1) is 5.92 Å². The van der Waals surface area contributed by atoms with Crippen LogP contribution in [0.2, 0.25) is 0 Å². The highest BCUT2D eigenvalue weighted by Crippen LogP contribution is 2.27. The lowest BCUT2D eigenvalue weighted by Crippen LogP contribution is -2.05. The maximum Gasteiger partial charge on any atom is 0.303 e. The van der Waals surface area contributed by atoms with Crippen molar-refractivity contribution in [2.45, 2.75) is 77.0 Å². The Morgan fingerprint density at radius 3 is 2.33 bits per heavy atom. The monoisotopic (exact) mass is 252 g/mol. The molecule has 0 spiro atoms. The third-order valence-electron chi connectivity index (χ3n) is 3.89. The van der Waals surface area contributed by atoms with E-state index in [2.05, 4.69) is 12.2 Å². The summed E-state index contributed by atoms with van der Waals surface area (Å²) in [6.45, 7) is 0. The van der Waals surface area contributed by atoms with E-state index < -0.39 is 5.97 Å². The lowest BCUT2D eigenvalue weighted by Gasteiger charge is -2.20. The van der Waals surface area contributed by atoms with Crippen molar-refractivity contribution < 1.29 is 9.90 Å². The molecule has 1 N–H and O–H groups in total. The van der Waals surface area contributed by atoms with Gasteiger partial charge in [-0.05, 0) is 38.0 Å². The number of carboxylic acid groups (broad SMARTS) is 1. The molecule has 0 unspecified atom stereocenters. The van der Waals surface area contributed by atoms with Gasteiger partial charge >= 0.3 is 5.97 Å². The molecule has 1 aliphatic rings. The Morgan fingerprint density at radius 2 is 1.67 bits per heavy atom. The normalized spacial score (nSPS) is 17.3. The van der Waals surface area contributed by atoms with E-state index in [4.69, 9.17) is 5.11 Å². The minimum atomic E-state index is -0.675. The van der Waals surface area contributed by atoms with Gasteiger partial charge in [-0.15, -0.1) is 0 Å². The summed E-state index contributed by atoms with van der Waals surface area (Å²) in [5.74, 6) is 0.328. The van der Waals surface area contributed by atoms with E-state index in [1.54, 1.807) is 0 Å². The third kappa shape index (κ3) is 8.32. The van der Waals surface area contributed by atoms with Crippen LogP contribution in [0.1, 0.15) is 77.0 Å². The number of hydrogen-bond donors (Lipinski definition) is 1. The van der Waals surface area contributed by atoms with Crippen molar-refractivity contribution in [3.63, 3.8) is 0 Å². The summed E-state index contributed by atoms with van der Waals surface area (Å²) >= 11 is 0. The SMILES string of the molecule is O=C(O)CCCC/C=C/CCCC1CCCCC1. The maximum absolute atomic E-state index is 10.3. The first-order valence-corrected chi connectivity index (χ1v) is 7.66. The van der Waals surface area contributed by atoms with Gasteiger partial charge in [0.25, 0.3) is 0 Å². The Hall–Kier alpha value is -0.790. The smallest absolute Gasteiger partial charge is 0.303 e. The van der Waals surface area contributed by atoms with Crippen LogP contribution in [0.25, 0.3) is 0 Å². The van der Waals surface area contributed by atoms with Crippen LogP contribution < -0.4 is 0 Å². The Balaban J connectivity index is 1.86. The second-order valence-corrected chi connectivity index (χ2v) is 5.55. The molecule has 0 saturated heterocycles. The average molecular weight is 252 g/mol. The summed E-state index contributed by atoms with van der Waals surface area (Å²) < 4.78 is 0. The van der Waals surface area contributed by atoms with Crippen molar-refractivity contribution in [1.29, 1.82) is 0 Å². The van der Waals surface area contributed by atoms with Crippen molar-refractivity contribution in [2.24, 2.45) is 5.92 Å². The molecule has 0 atom stereocenters. The first-order valence-electron chi connectivity index (χ1n) is 7.66. The fraction of sp³-hybridized carbons (Fsp3) is 0.812. The van der Waals surface area contributed by atoms with E-state index in [0.717, 1.165) is 25.2 Å². The zero-order chi connectivity index (χ0) is 13.1. The summed E-state index contributed by atoms with van der Waals surface area (Å²) in [7, 11) is 0. The molecule has 2 nitrogen and oxygen atoms in total. The second kappa shape index (κ2) is 10.2. The van der Waals surface area contributed by atoms with Crippen molar-refractivity contribution >= 4 is 5.97 Å². The maximum atomic E-state index is 10.3. The molecule has 1 rings (SSSR count). The zero-order valence-corrected chi connectivity index (χ0v) is 11.6. The highest BCUT2D eigenvalue weighted by molar-refractivity contribution is 5.66. The molecular formula is C16H28O2. The van der Waals surface area contributed by atoms with E-state index in [9.17, 15) is 4.79 Å². The van der Waals surface area contributed by atoms with Gasteiger partial charge in [0.15, 0.2) is 0 Å². The highest BCUT2D eigenvalue weighted by atomic mass is 16.4. The molecule has 0 aromatic heterocycles. The van der Waals surface area contributed by atoms with Crippen LogP contribution in [0.5, 0.6) is 0 Å². The molecule has 0 radical (unpaired) electrons. The van der Waals surface area contributed by atoms with E-state index in [1.165, 1.54) is 51.4 Å². The van der Waals surface area contributed by atoms with E-state index in [1.807, 2.05) is 0 Å². The van der Waals surface area contributed by atoms with Gasteiger partial charge in [0, 0.05) is 6.42 Å². The van der Waals surface area contributed by atoms with Gasteiger partial charge in [-0.1, -0.05) is 50.7 Å². The van der Waals surface area contributed by atoms with Crippen molar-refractivity contribution in [1.82, 2.24) is 0 Å². The molecule has 1 aliphatic carbocycles. The Labute approximate surface area is 111 Å². The van der Waals surface area contributed by atoms with Crippen LogP contribution >= 0.6 is 0 Å². The molecule has 0 amide bonds. The van der Waals surface area contributed by atoms with Gasteiger partial charge in [-0.25, -0.2) is 0 Å². The number of allylic oxidation sites excluding steroid dienone is 2. The first kappa shape index (κ1) is 15.3. The molecule has 1 saturated carbocycles. The average Bonchev–Trinajstić information content (AvgIpc) is 2.37. The predicted molar refractivity (Wildman–Crippen MR) is 75.7 cm³/mol. The van der Waals surface area contributed by atoms with E-state index >= 15 is 0 Å². The largest absolute Gasteiger partial charge is 0.481 e. The standard InChI is InChI=1S/C16H28O2/c17-16(18)14-10-5-3-1-2-4-7-11-15-12-8-6-9-13-15/h1-2,15H,3-14H2,(H,17,18)/b2-1+. The lowest BCUT2D eigenvalue weighted by atomic mass is 9.86. The number of carbonyl (C=O) groups is 1. The molecule has 0 aromatic carbocycles. The quantitative estimate of drug-likeness (QED) is 0.466. The summed E-state index contributed by atoms with van der Waals surface area (Å²) in [6, 6.07) is 0. The Morgan fingerprint density at radius 1 is 1.00 bits per heavy atom. The molecule has 0 heterocycles. The van der Waals surface area contributed by atoms with E-state index in [0.29, 0.717) is 6.42 Å². The number of carboxylic acids is 1. The Bertz CT molecular complexity index is 239. The minimum absolute atomic E-state index is 0.315. The van der Waals surface area contributed by atoms with Gasteiger partial charge in [-0.2, -0.15) is 0 Å². The van der Waals surface area contributed by atoms with Gasteiger partial charge in [0.05, 0.1) is 0 Å². The topological polar surface area (TPSA) is 37.3 Å². The summed E-state index contributed by atoms with van der Waals surface area (Å²) in [6.07, 6.45) is 18.9.